The first-order valence-electron chi connectivity index (χ1n) is 5.75. The zero-order chi connectivity index (χ0) is 11.1. The van der Waals surface area contributed by atoms with E-state index in [1.807, 2.05) is 6.92 Å². The van der Waals surface area contributed by atoms with Crippen molar-refractivity contribution in [2.45, 2.75) is 50.2 Å². The van der Waals surface area contributed by atoms with Gasteiger partial charge in [-0.25, -0.2) is 0 Å². The lowest BCUT2D eigenvalue weighted by Gasteiger charge is -2.41. The summed E-state index contributed by atoms with van der Waals surface area (Å²) in [5.41, 5.74) is 5.44. The monoisotopic (exact) mass is 212 g/mol. The third-order valence-electron chi connectivity index (χ3n) is 3.87. The van der Waals surface area contributed by atoms with Crippen LogP contribution in [0.2, 0.25) is 0 Å². The molecule has 1 unspecified atom stereocenters. The molecule has 0 saturated carbocycles. The molecular weight excluding hydrogens is 192 g/mol. The first-order valence-corrected chi connectivity index (χ1v) is 5.75. The van der Waals surface area contributed by atoms with E-state index in [2.05, 4.69) is 11.9 Å². The molecule has 2 heterocycles. The second kappa shape index (κ2) is 3.76. The van der Waals surface area contributed by atoms with Crippen LogP contribution in [-0.2, 0) is 9.53 Å². The van der Waals surface area contributed by atoms with Crippen LogP contribution in [0.5, 0.6) is 0 Å². The van der Waals surface area contributed by atoms with Gasteiger partial charge < -0.3 is 15.4 Å². The second-order valence-electron chi connectivity index (χ2n) is 4.84. The molecule has 3 atom stereocenters. The van der Waals surface area contributed by atoms with Gasteiger partial charge in [0.1, 0.15) is 5.54 Å². The predicted octanol–water partition coefficient (Wildman–Crippen LogP) is 0.504. The number of piperidine rings is 1. The smallest absolute Gasteiger partial charge is 0.326 e. The maximum atomic E-state index is 11.8. The number of hydrogen-bond acceptors (Lipinski definition) is 4. The van der Waals surface area contributed by atoms with Gasteiger partial charge in [-0.05, 0) is 39.7 Å². The van der Waals surface area contributed by atoms with Crippen molar-refractivity contribution in [1.82, 2.24) is 4.90 Å². The summed E-state index contributed by atoms with van der Waals surface area (Å²) in [5.74, 6) is -0.213. The normalized spacial score (nSPS) is 40.5. The molecule has 0 spiro atoms. The number of nitrogens with two attached hydrogens (primary N) is 1. The van der Waals surface area contributed by atoms with Crippen molar-refractivity contribution >= 4 is 5.97 Å². The molecular formula is C11H20N2O2. The lowest BCUT2D eigenvalue weighted by atomic mass is 9.84. The molecule has 0 aromatic carbocycles. The molecule has 2 N–H and O–H groups in total. The minimum atomic E-state index is -0.728. The average molecular weight is 212 g/mol. The molecule has 0 aliphatic carbocycles. The van der Waals surface area contributed by atoms with Gasteiger partial charge in [0.25, 0.3) is 0 Å². The predicted molar refractivity (Wildman–Crippen MR) is 57.4 cm³/mol. The van der Waals surface area contributed by atoms with Crippen molar-refractivity contribution in [2.75, 3.05) is 13.7 Å². The molecule has 86 valence electrons. The van der Waals surface area contributed by atoms with Crippen molar-refractivity contribution in [1.29, 1.82) is 0 Å². The van der Waals surface area contributed by atoms with E-state index in [9.17, 15) is 4.79 Å². The maximum absolute atomic E-state index is 11.8. The highest BCUT2D eigenvalue weighted by atomic mass is 16.5. The van der Waals surface area contributed by atoms with E-state index in [1.54, 1.807) is 0 Å². The Balaban J connectivity index is 2.09. The molecule has 2 saturated heterocycles. The standard InChI is InChI=1S/C11H20N2O2/c1-3-15-10(14)11(12)6-8-4-5-9(7-11)13(8)2/h8-9H,3-7,12H2,1-2H3/t8-,9+,11?. The van der Waals surface area contributed by atoms with Crippen LogP contribution < -0.4 is 5.73 Å². The Morgan fingerprint density at radius 1 is 1.47 bits per heavy atom. The highest BCUT2D eigenvalue weighted by Gasteiger charge is 2.49. The Bertz CT molecular complexity index is 253. The van der Waals surface area contributed by atoms with Crippen molar-refractivity contribution in [3.05, 3.63) is 0 Å². The first kappa shape index (κ1) is 10.9. The Labute approximate surface area is 90.8 Å². The topological polar surface area (TPSA) is 55.6 Å². The van der Waals surface area contributed by atoms with Crippen molar-refractivity contribution in [3.63, 3.8) is 0 Å². The zero-order valence-corrected chi connectivity index (χ0v) is 9.53. The minimum Gasteiger partial charge on any atom is -0.465 e. The van der Waals surface area contributed by atoms with Crippen LogP contribution in [-0.4, -0.2) is 42.1 Å². The van der Waals surface area contributed by atoms with Crippen LogP contribution in [0.25, 0.3) is 0 Å². The molecule has 2 aliphatic heterocycles. The minimum absolute atomic E-state index is 0.213. The Hall–Kier alpha value is -0.610. The van der Waals surface area contributed by atoms with Gasteiger partial charge in [-0.3, -0.25) is 4.79 Å². The summed E-state index contributed by atoms with van der Waals surface area (Å²) < 4.78 is 5.06. The SMILES string of the molecule is CCOC(=O)C1(N)C[C@H]2CC[C@@H](C1)N2C. The van der Waals surface area contributed by atoms with E-state index in [-0.39, 0.29) is 5.97 Å². The number of rotatable bonds is 2. The summed E-state index contributed by atoms with van der Waals surface area (Å²) >= 11 is 0. The van der Waals surface area contributed by atoms with Crippen LogP contribution in [0, 0.1) is 0 Å². The van der Waals surface area contributed by atoms with Crippen LogP contribution in [0.15, 0.2) is 0 Å². The van der Waals surface area contributed by atoms with Gasteiger partial charge in [0, 0.05) is 12.1 Å². The molecule has 0 aromatic heterocycles. The lowest BCUT2D eigenvalue weighted by molar-refractivity contribution is -0.152. The Morgan fingerprint density at radius 2 is 2.00 bits per heavy atom. The third-order valence-corrected chi connectivity index (χ3v) is 3.87. The fraction of sp³-hybridized carbons (Fsp3) is 0.909. The molecule has 2 fully saturated rings. The maximum Gasteiger partial charge on any atom is 0.326 e. The molecule has 2 rings (SSSR count). The van der Waals surface area contributed by atoms with Crippen LogP contribution in [0.4, 0.5) is 0 Å². The summed E-state index contributed by atoms with van der Waals surface area (Å²) in [4.78, 5) is 14.1. The van der Waals surface area contributed by atoms with E-state index in [0.29, 0.717) is 18.7 Å². The molecule has 4 heteroatoms. The second-order valence-corrected chi connectivity index (χ2v) is 4.84. The fourth-order valence-corrected chi connectivity index (χ4v) is 2.95. The van der Waals surface area contributed by atoms with Crippen LogP contribution >= 0.6 is 0 Å². The molecule has 15 heavy (non-hydrogen) atoms. The molecule has 0 amide bonds. The summed E-state index contributed by atoms with van der Waals surface area (Å²) in [6.07, 6.45) is 3.83. The molecule has 2 aliphatic rings. The highest BCUT2D eigenvalue weighted by molar-refractivity contribution is 5.81. The van der Waals surface area contributed by atoms with Gasteiger partial charge in [-0.2, -0.15) is 0 Å². The Kier molecular flexibility index (Phi) is 2.73. The third kappa shape index (κ3) is 1.76. The molecule has 0 radical (unpaired) electrons. The number of carbonyl (C=O) groups is 1. The average Bonchev–Trinajstić information content (AvgIpc) is 2.43. The summed E-state index contributed by atoms with van der Waals surface area (Å²) in [7, 11) is 2.13. The van der Waals surface area contributed by atoms with Crippen molar-refractivity contribution in [3.8, 4) is 0 Å². The van der Waals surface area contributed by atoms with Gasteiger partial charge in [0.2, 0.25) is 0 Å². The van der Waals surface area contributed by atoms with Gasteiger partial charge in [-0.15, -0.1) is 0 Å². The van der Waals surface area contributed by atoms with Gasteiger partial charge in [0.05, 0.1) is 6.61 Å². The lowest BCUT2D eigenvalue weighted by Crippen LogP contribution is -2.59. The summed E-state index contributed by atoms with van der Waals surface area (Å²) in [5, 5.41) is 0. The first-order chi connectivity index (χ1) is 7.07. The van der Waals surface area contributed by atoms with E-state index in [1.165, 1.54) is 12.8 Å². The fourth-order valence-electron chi connectivity index (χ4n) is 2.95. The number of hydrogen-bond donors (Lipinski definition) is 1. The van der Waals surface area contributed by atoms with Crippen LogP contribution in [0.3, 0.4) is 0 Å². The van der Waals surface area contributed by atoms with E-state index in [0.717, 1.165) is 12.8 Å². The number of nitrogens with zero attached hydrogens (tertiary/aromatic N) is 1. The number of fused-ring (bicyclic) bond motifs is 2. The summed E-state index contributed by atoms with van der Waals surface area (Å²) in [6.45, 7) is 2.24. The molecule has 0 aromatic rings. The largest absolute Gasteiger partial charge is 0.465 e. The number of ether oxygens (including phenoxy) is 1. The van der Waals surface area contributed by atoms with Crippen molar-refractivity contribution in [2.24, 2.45) is 5.73 Å². The zero-order valence-electron chi connectivity index (χ0n) is 9.53. The number of carbonyl (C=O) groups excluding carboxylic acids is 1. The van der Waals surface area contributed by atoms with E-state index in [4.69, 9.17) is 10.5 Å². The molecule has 4 nitrogen and oxygen atoms in total. The van der Waals surface area contributed by atoms with Crippen molar-refractivity contribution < 1.29 is 9.53 Å². The van der Waals surface area contributed by atoms with E-state index < -0.39 is 5.54 Å². The summed E-state index contributed by atoms with van der Waals surface area (Å²) in [6, 6.07) is 0.941. The highest BCUT2D eigenvalue weighted by Crippen LogP contribution is 2.38. The van der Waals surface area contributed by atoms with Gasteiger partial charge in [-0.1, -0.05) is 0 Å². The quantitative estimate of drug-likeness (QED) is 0.677. The van der Waals surface area contributed by atoms with Gasteiger partial charge in [0.15, 0.2) is 0 Å². The van der Waals surface area contributed by atoms with E-state index >= 15 is 0 Å². The van der Waals surface area contributed by atoms with Gasteiger partial charge >= 0.3 is 5.97 Å². The number of esters is 1. The Morgan fingerprint density at radius 3 is 2.47 bits per heavy atom. The molecule has 2 bridgehead atoms. The van der Waals surface area contributed by atoms with Crippen LogP contribution in [0.1, 0.15) is 32.6 Å².